The summed E-state index contributed by atoms with van der Waals surface area (Å²) in [6.07, 6.45) is -0.0344. The molecule has 0 bridgehead atoms. The lowest BCUT2D eigenvalue weighted by Gasteiger charge is -2.11. The predicted octanol–water partition coefficient (Wildman–Crippen LogP) is 1.53. The highest BCUT2D eigenvalue weighted by Gasteiger charge is 2.08. The van der Waals surface area contributed by atoms with Gasteiger partial charge in [-0.25, -0.2) is 0 Å². The number of nitrogens with one attached hydrogen (secondary N) is 2. The predicted molar refractivity (Wildman–Crippen MR) is 74.6 cm³/mol. The van der Waals surface area contributed by atoms with E-state index in [1.54, 1.807) is 0 Å². The highest BCUT2D eigenvalue weighted by atomic mass is 32.1. The van der Waals surface area contributed by atoms with Crippen molar-refractivity contribution in [3.05, 3.63) is 22.4 Å². The summed E-state index contributed by atoms with van der Waals surface area (Å²) in [7, 11) is 0. The number of thiophene rings is 1. The van der Waals surface area contributed by atoms with E-state index in [0.717, 1.165) is 11.4 Å². The van der Waals surface area contributed by atoms with Crippen molar-refractivity contribution in [3.8, 4) is 0 Å². The van der Waals surface area contributed by atoms with Gasteiger partial charge >= 0.3 is 0 Å². The molecule has 0 aliphatic rings. The van der Waals surface area contributed by atoms with Crippen LogP contribution in [0.5, 0.6) is 0 Å². The SMILES string of the molecule is CC(C)CNC(=O)CCNCC(O)c1cccs1. The summed E-state index contributed by atoms with van der Waals surface area (Å²) in [6, 6.07) is 3.83. The first-order valence-electron chi connectivity index (χ1n) is 6.28. The van der Waals surface area contributed by atoms with Gasteiger partial charge in [-0.2, -0.15) is 0 Å². The smallest absolute Gasteiger partial charge is 0.221 e. The Balaban J connectivity index is 2.06. The number of hydrogen-bond acceptors (Lipinski definition) is 4. The molecule has 0 fully saturated rings. The van der Waals surface area contributed by atoms with Crippen LogP contribution in [-0.2, 0) is 4.79 Å². The van der Waals surface area contributed by atoms with E-state index in [-0.39, 0.29) is 5.91 Å². The molecular weight excluding hydrogens is 248 g/mol. The molecule has 0 aliphatic heterocycles. The molecule has 0 aliphatic carbocycles. The zero-order valence-electron chi connectivity index (χ0n) is 11.0. The minimum atomic E-state index is -0.483. The van der Waals surface area contributed by atoms with Gasteiger partial charge in [0.15, 0.2) is 0 Å². The summed E-state index contributed by atoms with van der Waals surface area (Å²) in [4.78, 5) is 12.4. The van der Waals surface area contributed by atoms with Crippen molar-refractivity contribution in [2.24, 2.45) is 5.92 Å². The summed E-state index contributed by atoms with van der Waals surface area (Å²) in [5, 5.41) is 17.7. The lowest BCUT2D eigenvalue weighted by atomic mass is 10.2. The Hall–Kier alpha value is -0.910. The van der Waals surface area contributed by atoms with Crippen LogP contribution in [0.15, 0.2) is 17.5 Å². The van der Waals surface area contributed by atoms with Crippen molar-refractivity contribution in [2.45, 2.75) is 26.4 Å². The summed E-state index contributed by atoms with van der Waals surface area (Å²) in [5.74, 6) is 0.532. The number of carbonyl (C=O) groups is 1. The lowest BCUT2D eigenvalue weighted by molar-refractivity contribution is -0.121. The Labute approximate surface area is 112 Å². The maximum atomic E-state index is 11.4. The molecule has 3 N–H and O–H groups in total. The number of amides is 1. The number of aliphatic hydroxyl groups excluding tert-OH is 1. The average molecular weight is 270 g/mol. The molecule has 102 valence electrons. The van der Waals surface area contributed by atoms with Crippen molar-refractivity contribution in [1.82, 2.24) is 10.6 Å². The van der Waals surface area contributed by atoms with Gasteiger partial charge in [0.05, 0.1) is 0 Å². The normalized spacial score (nSPS) is 12.7. The second-order valence-corrected chi connectivity index (χ2v) is 5.66. The summed E-state index contributed by atoms with van der Waals surface area (Å²) >= 11 is 1.54. The van der Waals surface area contributed by atoms with Gasteiger partial charge in [-0.05, 0) is 17.4 Å². The van der Waals surface area contributed by atoms with E-state index in [0.29, 0.717) is 25.4 Å². The molecule has 0 saturated carbocycles. The van der Waals surface area contributed by atoms with Crippen molar-refractivity contribution in [1.29, 1.82) is 0 Å². The Morgan fingerprint density at radius 2 is 2.22 bits per heavy atom. The van der Waals surface area contributed by atoms with Crippen LogP contribution in [0, 0.1) is 5.92 Å². The van der Waals surface area contributed by atoms with Crippen LogP contribution in [0.3, 0.4) is 0 Å². The summed E-state index contributed by atoms with van der Waals surface area (Å²) in [5.41, 5.74) is 0. The molecule has 0 aromatic carbocycles. The van der Waals surface area contributed by atoms with E-state index in [1.165, 1.54) is 11.3 Å². The molecule has 0 spiro atoms. The van der Waals surface area contributed by atoms with E-state index in [2.05, 4.69) is 24.5 Å². The number of aliphatic hydroxyl groups is 1. The molecular formula is C13H22N2O2S. The lowest BCUT2D eigenvalue weighted by Crippen LogP contribution is -2.31. The zero-order valence-corrected chi connectivity index (χ0v) is 11.8. The zero-order chi connectivity index (χ0) is 13.4. The quantitative estimate of drug-likeness (QED) is 0.628. The Bertz CT molecular complexity index is 339. The molecule has 1 aromatic rings. The van der Waals surface area contributed by atoms with Crippen molar-refractivity contribution in [2.75, 3.05) is 19.6 Å². The third-order valence-electron chi connectivity index (χ3n) is 2.45. The van der Waals surface area contributed by atoms with Crippen molar-refractivity contribution in [3.63, 3.8) is 0 Å². The topological polar surface area (TPSA) is 61.4 Å². The fraction of sp³-hybridized carbons (Fsp3) is 0.615. The summed E-state index contributed by atoms with van der Waals surface area (Å²) in [6.45, 7) is 5.92. The second kappa shape index (κ2) is 8.24. The number of hydrogen-bond donors (Lipinski definition) is 3. The minimum absolute atomic E-state index is 0.0572. The maximum Gasteiger partial charge on any atom is 0.221 e. The van der Waals surface area contributed by atoms with Gasteiger partial charge in [-0.3, -0.25) is 4.79 Å². The van der Waals surface area contributed by atoms with E-state index < -0.39 is 6.10 Å². The van der Waals surface area contributed by atoms with E-state index in [1.807, 2.05) is 17.5 Å². The van der Waals surface area contributed by atoms with Crippen molar-refractivity contribution < 1.29 is 9.90 Å². The van der Waals surface area contributed by atoms with E-state index in [4.69, 9.17) is 0 Å². The average Bonchev–Trinajstić information content (AvgIpc) is 2.85. The van der Waals surface area contributed by atoms with Crippen LogP contribution in [0.1, 0.15) is 31.2 Å². The molecule has 0 saturated heterocycles. The Kier molecular flexibility index (Phi) is 6.93. The van der Waals surface area contributed by atoms with Crippen LogP contribution in [0.2, 0.25) is 0 Å². The highest BCUT2D eigenvalue weighted by molar-refractivity contribution is 7.10. The van der Waals surface area contributed by atoms with Gasteiger partial charge in [-0.15, -0.1) is 11.3 Å². The third-order valence-corrected chi connectivity index (χ3v) is 3.42. The molecule has 1 amide bonds. The van der Waals surface area contributed by atoms with Crippen LogP contribution in [-0.4, -0.2) is 30.6 Å². The van der Waals surface area contributed by atoms with Crippen LogP contribution < -0.4 is 10.6 Å². The number of rotatable bonds is 8. The van der Waals surface area contributed by atoms with Gasteiger partial charge < -0.3 is 15.7 Å². The first-order valence-corrected chi connectivity index (χ1v) is 7.16. The molecule has 18 heavy (non-hydrogen) atoms. The first kappa shape index (κ1) is 15.1. The van der Waals surface area contributed by atoms with Crippen molar-refractivity contribution >= 4 is 17.2 Å². The standard InChI is InChI=1S/C13H22N2O2S/c1-10(2)8-15-13(17)5-6-14-9-11(16)12-4-3-7-18-12/h3-4,7,10-11,14,16H,5-6,8-9H2,1-2H3,(H,15,17). The fourth-order valence-corrected chi connectivity index (χ4v) is 2.14. The van der Waals surface area contributed by atoms with Gasteiger partial charge in [0.25, 0.3) is 0 Å². The fourth-order valence-electron chi connectivity index (χ4n) is 1.43. The molecule has 1 aromatic heterocycles. The van der Waals surface area contributed by atoms with Gasteiger partial charge in [-0.1, -0.05) is 19.9 Å². The van der Waals surface area contributed by atoms with Crippen LogP contribution in [0.25, 0.3) is 0 Å². The molecule has 1 unspecified atom stereocenters. The largest absolute Gasteiger partial charge is 0.386 e. The van der Waals surface area contributed by atoms with Gasteiger partial charge in [0, 0.05) is 30.9 Å². The minimum Gasteiger partial charge on any atom is -0.386 e. The molecule has 5 heteroatoms. The molecule has 0 radical (unpaired) electrons. The number of carbonyl (C=O) groups excluding carboxylic acids is 1. The van der Waals surface area contributed by atoms with Gasteiger partial charge in [0.2, 0.25) is 5.91 Å². The van der Waals surface area contributed by atoms with E-state index >= 15 is 0 Å². The van der Waals surface area contributed by atoms with Gasteiger partial charge in [0.1, 0.15) is 6.10 Å². The maximum absolute atomic E-state index is 11.4. The molecule has 1 heterocycles. The second-order valence-electron chi connectivity index (χ2n) is 4.68. The molecule has 1 atom stereocenters. The van der Waals surface area contributed by atoms with Crippen LogP contribution in [0.4, 0.5) is 0 Å². The Morgan fingerprint density at radius 3 is 2.83 bits per heavy atom. The summed E-state index contributed by atoms with van der Waals surface area (Å²) < 4.78 is 0. The Morgan fingerprint density at radius 1 is 1.44 bits per heavy atom. The van der Waals surface area contributed by atoms with E-state index in [9.17, 15) is 9.90 Å². The highest BCUT2D eigenvalue weighted by Crippen LogP contribution is 2.17. The third kappa shape index (κ3) is 6.14. The molecule has 4 nitrogen and oxygen atoms in total. The molecule has 1 rings (SSSR count). The van der Waals surface area contributed by atoms with Crippen LogP contribution >= 0.6 is 11.3 Å². The monoisotopic (exact) mass is 270 g/mol. The first-order chi connectivity index (χ1) is 8.59.